The van der Waals surface area contributed by atoms with Gasteiger partial charge >= 0.3 is 0 Å². The van der Waals surface area contributed by atoms with Crippen molar-refractivity contribution in [2.45, 2.75) is 100 Å². The Hall–Kier alpha value is -3.36. The maximum absolute atomic E-state index is 10.2. The first-order valence-electron chi connectivity index (χ1n) is 15.7. The van der Waals surface area contributed by atoms with Crippen molar-refractivity contribution in [3.8, 4) is 0 Å². The minimum atomic E-state index is -1.98. The van der Waals surface area contributed by atoms with Gasteiger partial charge in [0.15, 0.2) is 43.7 Å². The number of hydrogen-bond donors (Lipinski definition) is 4. The first-order chi connectivity index (χ1) is 22.3. The van der Waals surface area contributed by atoms with Crippen molar-refractivity contribution in [1.29, 1.82) is 0 Å². The van der Waals surface area contributed by atoms with Gasteiger partial charge in [0.1, 0.15) is 59.3 Å². The average molecular weight is 671 g/mol. The van der Waals surface area contributed by atoms with Gasteiger partial charge in [0.05, 0.1) is 32.5 Å². The zero-order valence-corrected chi connectivity index (χ0v) is 28.3. The third-order valence-corrected chi connectivity index (χ3v) is 14.9. The molecule has 4 aromatic heterocycles. The van der Waals surface area contributed by atoms with E-state index in [0.717, 1.165) is 6.42 Å². The summed E-state index contributed by atoms with van der Waals surface area (Å²) in [6.45, 7) is 13.8. The van der Waals surface area contributed by atoms with Crippen LogP contribution in [0.3, 0.4) is 0 Å². The highest BCUT2D eigenvalue weighted by Crippen LogP contribution is 2.51. The largest absolute Gasteiger partial charge is 0.408 e. The summed E-state index contributed by atoms with van der Waals surface area (Å²) >= 11 is 0. The molecule has 8 heterocycles. The van der Waals surface area contributed by atoms with E-state index in [1.165, 1.54) is 19.0 Å². The van der Waals surface area contributed by atoms with Crippen LogP contribution in [-0.2, 0) is 23.4 Å². The second-order valence-electron chi connectivity index (χ2n) is 14.1. The Morgan fingerprint density at radius 3 is 1.89 bits per heavy atom. The average Bonchev–Trinajstić information content (AvgIpc) is 3.88. The van der Waals surface area contributed by atoms with Gasteiger partial charge in [-0.25, -0.2) is 29.9 Å². The molecule has 0 saturated carbocycles. The molecule has 4 aliphatic rings. The molecule has 0 aliphatic carbocycles. The van der Waals surface area contributed by atoms with Crippen LogP contribution in [-0.4, -0.2) is 113 Å². The molecule has 254 valence electrons. The lowest BCUT2D eigenvalue weighted by atomic mass is 9.96. The minimum absolute atomic E-state index is 0.106. The predicted molar refractivity (Wildman–Crippen MR) is 170 cm³/mol. The van der Waals surface area contributed by atoms with Crippen molar-refractivity contribution >= 4 is 42.3 Å². The fraction of sp³-hybridized carbons (Fsp3) is 0.655. The number of nitrogens with two attached hydrogens (primary N) is 2. The standard InChI is InChI=1S/C18H29N5O3Si.C11H13N5O4/c1-7-18-8-24-12(13(18)26-27(5,6)17(2,3)4)16(25-18)23-10-22-11-14(19)20-9-21-15(11)23;12-8-5-9(14-3-13-8)16(4-15-5)10-6-7(18)11(1-17,20-10)2-19-6/h9-10,12-13,16H,7-8H2,1-6H3,(H2,19,20,21);3-4,6-7,10,17-18H,1-2H2,(H2,12,13,14)/t12?,13-,16-,18+;6?,7-,10-,11+/m11/s1. The third kappa shape index (κ3) is 4.84. The molecule has 4 aromatic rings. The van der Waals surface area contributed by atoms with E-state index >= 15 is 0 Å². The number of ether oxygens (including phenoxy) is 4. The van der Waals surface area contributed by atoms with Crippen molar-refractivity contribution in [3.63, 3.8) is 0 Å². The molecule has 4 bridgehead atoms. The van der Waals surface area contributed by atoms with Crippen LogP contribution in [0.25, 0.3) is 22.3 Å². The lowest BCUT2D eigenvalue weighted by Gasteiger charge is -2.40. The molecule has 0 radical (unpaired) electrons. The molecule has 18 heteroatoms. The maximum Gasteiger partial charge on any atom is 0.192 e. The number of nitrogens with zero attached hydrogens (tertiary/aromatic N) is 8. The summed E-state index contributed by atoms with van der Waals surface area (Å²) in [6, 6.07) is 0. The summed E-state index contributed by atoms with van der Waals surface area (Å²) in [7, 11) is -1.98. The van der Waals surface area contributed by atoms with Gasteiger partial charge in [0, 0.05) is 0 Å². The van der Waals surface area contributed by atoms with E-state index < -0.39 is 38.0 Å². The molecule has 6 N–H and O–H groups in total. The molecule has 0 aromatic carbocycles. The van der Waals surface area contributed by atoms with E-state index in [9.17, 15) is 10.2 Å². The number of nitrogen functional groups attached to an aromatic ring is 2. The van der Waals surface area contributed by atoms with E-state index in [4.69, 9.17) is 34.8 Å². The van der Waals surface area contributed by atoms with E-state index in [1.54, 1.807) is 10.9 Å². The Labute approximate surface area is 271 Å². The molecule has 4 fully saturated rings. The monoisotopic (exact) mass is 670 g/mol. The zero-order valence-electron chi connectivity index (χ0n) is 27.3. The van der Waals surface area contributed by atoms with Crippen LogP contribution < -0.4 is 11.5 Å². The molecule has 4 aliphatic heterocycles. The SMILES string of the molecule is CC[C@@]12COC([C@H](n3cnc4c(N)ncnc43)O1)[C@H]2O[Si](C)(C)C(C)(C)C.Nc1ncnc2c1ncn2[C@@H]1O[C@@]2(CO)COC1[C@H]2O. The van der Waals surface area contributed by atoms with Crippen LogP contribution >= 0.6 is 0 Å². The fourth-order valence-electron chi connectivity index (χ4n) is 6.48. The lowest BCUT2D eigenvalue weighted by Crippen LogP contribution is -2.51. The number of fused-ring (bicyclic) bond motifs is 6. The summed E-state index contributed by atoms with van der Waals surface area (Å²) in [6.07, 6.45) is 4.11. The third-order valence-electron chi connectivity index (χ3n) is 10.4. The Kier molecular flexibility index (Phi) is 7.60. The van der Waals surface area contributed by atoms with Crippen molar-refractivity contribution < 1.29 is 33.6 Å². The molecular weight excluding hydrogens is 628 g/mol. The van der Waals surface area contributed by atoms with Crippen molar-refractivity contribution in [2.75, 3.05) is 31.3 Å². The fourth-order valence-corrected chi connectivity index (χ4v) is 7.82. The second-order valence-corrected chi connectivity index (χ2v) is 18.9. The van der Waals surface area contributed by atoms with Crippen LogP contribution in [0.4, 0.5) is 11.6 Å². The van der Waals surface area contributed by atoms with Crippen molar-refractivity contribution in [3.05, 3.63) is 25.3 Å². The lowest BCUT2D eigenvalue weighted by molar-refractivity contribution is -0.185. The Morgan fingerprint density at radius 1 is 0.872 bits per heavy atom. The summed E-state index contributed by atoms with van der Waals surface area (Å²) in [5.74, 6) is 0.636. The smallest absolute Gasteiger partial charge is 0.192 e. The molecule has 0 spiro atoms. The molecular formula is C29H42N10O7Si. The molecule has 17 nitrogen and oxygen atoms in total. The van der Waals surface area contributed by atoms with Gasteiger partial charge in [-0.05, 0) is 24.6 Å². The number of imidazole rings is 2. The first-order valence-corrected chi connectivity index (χ1v) is 18.6. The highest BCUT2D eigenvalue weighted by atomic mass is 28.4. The van der Waals surface area contributed by atoms with Gasteiger partial charge in [-0.1, -0.05) is 27.7 Å². The number of aromatic nitrogens is 8. The number of aliphatic hydroxyl groups excluding tert-OH is 2. The van der Waals surface area contributed by atoms with Crippen LogP contribution in [0, 0.1) is 0 Å². The van der Waals surface area contributed by atoms with Crippen LogP contribution in [0.1, 0.15) is 46.6 Å². The summed E-state index contributed by atoms with van der Waals surface area (Å²) in [5, 5.41) is 19.7. The highest BCUT2D eigenvalue weighted by molar-refractivity contribution is 6.74. The number of hydrogen-bond acceptors (Lipinski definition) is 15. The number of rotatable bonds is 6. The molecule has 4 saturated heterocycles. The Balaban J connectivity index is 0.000000156. The molecule has 0 amide bonds. The number of aliphatic hydroxyl groups is 2. The zero-order chi connectivity index (χ0) is 33.5. The topological polar surface area (TPSA) is 226 Å². The first kappa shape index (κ1) is 32.2. The van der Waals surface area contributed by atoms with Gasteiger partial charge in [0.2, 0.25) is 0 Å². The molecule has 8 atom stereocenters. The number of anilines is 2. The van der Waals surface area contributed by atoms with Crippen LogP contribution in [0.2, 0.25) is 18.1 Å². The van der Waals surface area contributed by atoms with E-state index in [2.05, 4.69) is 70.7 Å². The summed E-state index contributed by atoms with van der Waals surface area (Å²) in [5.41, 5.74) is 12.3. The van der Waals surface area contributed by atoms with E-state index in [0.29, 0.717) is 34.8 Å². The summed E-state index contributed by atoms with van der Waals surface area (Å²) < 4.78 is 34.4. The van der Waals surface area contributed by atoms with Crippen LogP contribution in [0.5, 0.6) is 0 Å². The quantitative estimate of drug-likeness (QED) is 0.212. The predicted octanol–water partition coefficient (Wildman–Crippen LogP) is 1.30. The van der Waals surface area contributed by atoms with Gasteiger partial charge in [0.25, 0.3) is 0 Å². The highest BCUT2D eigenvalue weighted by Gasteiger charge is 2.64. The van der Waals surface area contributed by atoms with Crippen molar-refractivity contribution in [2.24, 2.45) is 0 Å². The maximum atomic E-state index is 10.2. The van der Waals surface area contributed by atoms with Crippen LogP contribution in [0.15, 0.2) is 25.3 Å². The molecule has 8 rings (SSSR count). The summed E-state index contributed by atoms with van der Waals surface area (Å²) in [4.78, 5) is 24.9. The van der Waals surface area contributed by atoms with Gasteiger partial charge in [-0.2, -0.15) is 0 Å². The molecule has 47 heavy (non-hydrogen) atoms. The van der Waals surface area contributed by atoms with Crippen molar-refractivity contribution in [1.82, 2.24) is 39.0 Å². The van der Waals surface area contributed by atoms with Gasteiger partial charge < -0.3 is 45.1 Å². The second kappa shape index (κ2) is 11.1. The Bertz CT molecular complexity index is 1800. The van der Waals surface area contributed by atoms with Gasteiger partial charge in [-0.3, -0.25) is 9.13 Å². The van der Waals surface area contributed by atoms with Gasteiger partial charge in [-0.15, -0.1) is 0 Å². The molecule has 2 unspecified atom stereocenters. The van der Waals surface area contributed by atoms with E-state index in [1.807, 2.05) is 4.57 Å². The Morgan fingerprint density at radius 2 is 1.38 bits per heavy atom. The minimum Gasteiger partial charge on any atom is -0.408 e. The normalized spacial score (nSPS) is 33.2. The van der Waals surface area contributed by atoms with E-state index in [-0.39, 0.29) is 42.5 Å².